The normalized spacial score (nSPS) is 33.6. The van der Waals surface area contributed by atoms with Gasteiger partial charge in [0, 0.05) is 12.5 Å². The van der Waals surface area contributed by atoms with Gasteiger partial charge in [-0.25, -0.2) is 13.1 Å². The lowest BCUT2D eigenvalue weighted by atomic mass is 9.82. The molecule has 1 amide bonds. The molecule has 0 radical (unpaired) electrons. The maximum absolute atomic E-state index is 13.4. The first kappa shape index (κ1) is 24.4. The summed E-state index contributed by atoms with van der Waals surface area (Å²) in [7, 11) is -3.36. The van der Waals surface area contributed by atoms with Crippen LogP contribution in [0.3, 0.4) is 0 Å². The monoisotopic (exact) mass is 480 g/mol. The molecule has 4 bridgehead atoms. The van der Waals surface area contributed by atoms with Gasteiger partial charge in [-0.2, -0.15) is 0 Å². The number of aliphatic hydroxyl groups is 1. The number of sulfonamides is 1. The Morgan fingerprint density at radius 3 is 2.70 bits per heavy atom. The van der Waals surface area contributed by atoms with Crippen LogP contribution in [0.2, 0.25) is 0 Å². The number of hydrogen-bond donors (Lipinski definition) is 3. The second-order valence-electron chi connectivity index (χ2n) is 9.96. The van der Waals surface area contributed by atoms with Crippen molar-refractivity contribution in [3.05, 3.63) is 29.8 Å². The molecule has 1 spiro atoms. The van der Waals surface area contributed by atoms with Gasteiger partial charge in [0.05, 0.1) is 43.6 Å². The molecule has 1 aromatic rings. The van der Waals surface area contributed by atoms with E-state index in [2.05, 4.69) is 22.2 Å². The van der Waals surface area contributed by atoms with Crippen LogP contribution in [-0.2, 0) is 19.6 Å². The number of ether oxygens (including phenoxy) is 2. The Morgan fingerprint density at radius 1 is 1.18 bits per heavy atom. The van der Waals surface area contributed by atoms with Crippen molar-refractivity contribution in [2.24, 2.45) is 5.41 Å². The molecule has 0 saturated heterocycles. The molecule has 33 heavy (non-hydrogen) atoms. The van der Waals surface area contributed by atoms with Crippen LogP contribution < -0.4 is 14.8 Å². The number of hydrogen-bond acceptors (Lipinski definition) is 6. The molecule has 2 aliphatic carbocycles. The van der Waals surface area contributed by atoms with Gasteiger partial charge in [-0.05, 0) is 68.6 Å². The van der Waals surface area contributed by atoms with Crippen molar-refractivity contribution in [3.8, 4) is 5.75 Å². The van der Waals surface area contributed by atoms with Gasteiger partial charge in [-0.1, -0.05) is 12.1 Å². The largest absolute Gasteiger partial charge is 0.494 e. The van der Waals surface area contributed by atoms with Crippen LogP contribution in [0.1, 0.15) is 62.8 Å². The molecule has 4 aliphatic rings. The Kier molecular flexibility index (Phi) is 7.63. The van der Waals surface area contributed by atoms with E-state index in [1.54, 1.807) is 0 Å². The van der Waals surface area contributed by atoms with E-state index in [4.69, 9.17) is 9.47 Å². The van der Waals surface area contributed by atoms with Crippen LogP contribution in [0.15, 0.2) is 24.3 Å². The molecule has 0 aromatic heterocycles. The van der Waals surface area contributed by atoms with Crippen LogP contribution in [0.4, 0.5) is 0 Å². The lowest BCUT2D eigenvalue weighted by Crippen LogP contribution is -2.49. The molecule has 3 atom stereocenters. The van der Waals surface area contributed by atoms with Crippen molar-refractivity contribution in [3.63, 3.8) is 0 Å². The lowest BCUT2D eigenvalue weighted by molar-refractivity contribution is -0.138. The van der Waals surface area contributed by atoms with E-state index in [1.165, 1.54) is 5.56 Å². The molecule has 0 unspecified atom stereocenters. The highest BCUT2D eigenvalue weighted by molar-refractivity contribution is 7.88. The maximum atomic E-state index is 13.4. The van der Waals surface area contributed by atoms with Crippen molar-refractivity contribution >= 4 is 15.9 Å². The van der Waals surface area contributed by atoms with Crippen molar-refractivity contribution < 1.29 is 27.8 Å². The number of rotatable bonds is 3. The second kappa shape index (κ2) is 10.3. The first-order valence-electron chi connectivity index (χ1n) is 12.0. The highest BCUT2D eigenvalue weighted by Crippen LogP contribution is 2.41. The predicted octanol–water partition coefficient (Wildman–Crippen LogP) is 2.08. The smallest absolute Gasteiger partial charge is 0.228 e. The van der Waals surface area contributed by atoms with Gasteiger partial charge >= 0.3 is 0 Å². The molecule has 2 heterocycles. The van der Waals surface area contributed by atoms with Gasteiger partial charge in [-0.3, -0.25) is 4.79 Å². The van der Waals surface area contributed by atoms with E-state index in [9.17, 15) is 18.3 Å². The Balaban J connectivity index is 1.53. The van der Waals surface area contributed by atoms with E-state index in [0.29, 0.717) is 38.2 Å². The van der Waals surface area contributed by atoms with Gasteiger partial charge < -0.3 is 19.9 Å². The number of carbonyl (C=O) groups excluding carboxylic acids is 1. The molecule has 1 aromatic carbocycles. The highest BCUT2D eigenvalue weighted by atomic mass is 32.2. The van der Waals surface area contributed by atoms with E-state index in [-0.39, 0.29) is 31.3 Å². The predicted molar refractivity (Wildman–Crippen MR) is 125 cm³/mol. The fraction of sp³-hybridized carbons (Fsp3) is 0.708. The van der Waals surface area contributed by atoms with E-state index >= 15 is 0 Å². The summed E-state index contributed by atoms with van der Waals surface area (Å²) in [6.45, 7) is 0.450. The second-order valence-corrected chi connectivity index (χ2v) is 11.7. The maximum Gasteiger partial charge on any atom is 0.228 e. The first-order valence-corrected chi connectivity index (χ1v) is 13.9. The number of carbonyl (C=O) groups is 1. The van der Waals surface area contributed by atoms with Crippen LogP contribution in [0.25, 0.3) is 0 Å². The summed E-state index contributed by atoms with van der Waals surface area (Å²) in [5.74, 6) is 1.10. The number of benzene rings is 1. The number of fused-ring (bicyclic) bond motifs is 8. The Hall–Kier alpha value is -1.68. The molecule has 2 fully saturated rings. The number of aliphatic hydroxyl groups excluding tert-OH is 1. The Bertz CT molecular complexity index is 931. The van der Waals surface area contributed by atoms with Crippen molar-refractivity contribution in [1.29, 1.82) is 0 Å². The zero-order chi connectivity index (χ0) is 23.5. The average Bonchev–Trinajstić information content (AvgIpc) is 3.19. The van der Waals surface area contributed by atoms with Gasteiger partial charge in [0.25, 0.3) is 0 Å². The summed E-state index contributed by atoms with van der Waals surface area (Å²) >= 11 is 0. The Morgan fingerprint density at radius 2 is 1.97 bits per heavy atom. The SMILES string of the molecule is CS(=O)(=O)N[C@H]1CC[C@@]2(COC3CCC(CC3)c3cccc(c3)OCC[C@@H](CO)NC2=O)C1. The quantitative estimate of drug-likeness (QED) is 0.610. The third-order valence-corrected chi connectivity index (χ3v) is 8.12. The molecule has 2 aliphatic heterocycles. The van der Waals surface area contributed by atoms with Gasteiger partial charge in [0.2, 0.25) is 15.9 Å². The summed E-state index contributed by atoms with van der Waals surface area (Å²) in [6, 6.07) is 7.48. The van der Waals surface area contributed by atoms with Crippen molar-refractivity contribution in [1.82, 2.24) is 10.0 Å². The van der Waals surface area contributed by atoms with Crippen LogP contribution >= 0.6 is 0 Å². The minimum absolute atomic E-state index is 0.0915. The minimum atomic E-state index is -3.36. The van der Waals surface area contributed by atoms with Crippen LogP contribution in [0, 0.1) is 5.41 Å². The van der Waals surface area contributed by atoms with E-state index in [1.807, 2.05) is 12.1 Å². The fourth-order valence-corrected chi connectivity index (χ4v) is 6.30. The standard InChI is InChI=1S/C24H36N2O6S/c1-33(29,30)26-19-9-11-24(14-19)16-32-21-7-5-17(6-8-21)18-3-2-4-22(13-18)31-12-10-20(15-27)25-23(24)28/h2-4,13,17,19-21,26-27H,5-12,14-16H2,1H3,(H,25,28)/t17?,19-,20-,21?,24-/m0/s1. The Labute approximate surface area is 196 Å². The molecule has 3 N–H and O–H groups in total. The minimum Gasteiger partial charge on any atom is -0.494 e. The van der Waals surface area contributed by atoms with Crippen LogP contribution in [0.5, 0.6) is 5.75 Å². The van der Waals surface area contributed by atoms with Gasteiger partial charge in [0.1, 0.15) is 5.75 Å². The fourth-order valence-electron chi connectivity index (χ4n) is 5.50. The first-order chi connectivity index (χ1) is 15.8. The summed E-state index contributed by atoms with van der Waals surface area (Å²) in [5.41, 5.74) is 0.474. The molecule has 5 rings (SSSR count). The zero-order valence-electron chi connectivity index (χ0n) is 19.3. The summed E-state index contributed by atoms with van der Waals surface area (Å²) in [6.07, 6.45) is 7.13. The van der Waals surface area contributed by atoms with Gasteiger partial charge in [-0.15, -0.1) is 0 Å². The van der Waals surface area contributed by atoms with Crippen molar-refractivity contribution in [2.75, 3.05) is 26.1 Å². The molecule has 2 saturated carbocycles. The molecular weight excluding hydrogens is 444 g/mol. The summed E-state index contributed by atoms with van der Waals surface area (Å²) in [4.78, 5) is 13.4. The molecular formula is C24H36N2O6S. The third kappa shape index (κ3) is 6.26. The van der Waals surface area contributed by atoms with E-state index < -0.39 is 21.5 Å². The summed E-state index contributed by atoms with van der Waals surface area (Å²) in [5, 5.41) is 12.9. The summed E-state index contributed by atoms with van der Waals surface area (Å²) < 4.78 is 38.4. The molecule has 9 heteroatoms. The third-order valence-electron chi connectivity index (χ3n) is 7.36. The lowest BCUT2D eigenvalue weighted by Gasteiger charge is -2.34. The van der Waals surface area contributed by atoms with E-state index in [0.717, 1.165) is 37.7 Å². The topological polar surface area (TPSA) is 114 Å². The number of amides is 1. The van der Waals surface area contributed by atoms with Crippen molar-refractivity contribution in [2.45, 2.75) is 75.5 Å². The average molecular weight is 481 g/mol. The van der Waals surface area contributed by atoms with Crippen LogP contribution in [-0.4, -0.2) is 63.7 Å². The number of nitrogens with one attached hydrogen (secondary N) is 2. The molecule has 8 nitrogen and oxygen atoms in total. The molecule has 184 valence electrons. The highest BCUT2D eigenvalue weighted by Gasteiger charge is 2.47. The zero-order valence-corrected chi connectivity index (χ0v) is 20.1. The van der Waals surface area contributed by atoms with Gasteiger partial charge in [0.15, 0.2) is 0 Å².